The van der Waals surface area contributed by atoms with Gasteiger partial charge in [0.2, 0.25) is 0 Å². The van der Waals surface area contributed by atoms with E-state index in [9.17, 15) is 8.42 Å². The van der Waals surface area contributed by atoms with Gasteiger partial charge in [-0.25, -0.2) is 8.42 Å². The molecule has 1 heterocycles. The average molecular weight is 318 g/mol. The first-order chi connectivity index (χ1) is 9.23. The highest BCUT2D eigenvalue weighted by molar-refractivity contribution is 7.90. The van der Waals surface area contributed by atoms with Crippen molar-refractivity contribution >= 4 is 27.1 Å². The van der Waals surface area contributed by atoms with Crippen molar-refractivity contribution in [2.24, 2.45) is 0 Å². The molecule has 0 saturated carbocycles. The van der Waals surface area contributed by atoms with Gasteiger partial charge in [-0.2, -0.15) is 0 Å². The molecule has 4 nitrogen and oxygen atoms in total. The number of ether oxygens (including phenoxy) is 1. The Balaban J connectivity index is 2.41. The van der Waals surface area contributed by atoms with E-state index >= 15 is 0 Å². The topological polar surface area (TPSA) is 46.6 Å². The van der Waals surface area contributed by atoms with Crippen LogP contribution in [0.15, 0.2) is 29.2 Å². The summed E-state index contributed by atoms with van der Waals surface area (Å²) in [5.74, 6) is 0.390. The third-order valence-electron chi connectivity index (χ3n) is 3.26. The molecule has 0 amide bonds. The van der Waals surface area contributed by atoms with E-state index in [0.717, 1.165) is 5.69 Å². The van der Waals surface area contributed by atoms with E-state index in [4.69, 9.17) is 16.3 Å². The zero-order valence-corrected chi connectivity index (χ0v) is 13.5. The molecule has 0 N–H and O–H groups in total. The number of rotatable bonds is 3. The number of nitrogens with zero attached hydrogens (tertiary/aromatic N) is 1. The minimum Gasteiger partial charge on any atom is -0.367 e. The fourth-order valence-electron chi connectivity index (χ4n) is 2.59. The van der Waals surface area contributed by atoms with Crippen molar-refractivity contribution in [3.05, 3.63) is 24.3 Å². The van der Waals surface area contributed by atoms with Gasteiger partial charge >= 0.3 is 0 Å². The first-order valence-electron chi connectivity index (χ1n) is 6.51. The summed E-state index contributed by atoms with van der Waals surface area (Å²) in [6.07, 6.45) is 1.13. The lowest BCUT2D eigenvalue weighted by atomic mass is 10.0. The van der Waals surface area contributed by atoms with Crippen molar-refractivity contribution < 1.29 is 13.2 Å². The van der Waals surface area contributed by atoms with E-state index < -0.39 is 9.84 Å². The van der Waals surface area contributed by atoms with Crippen LogP contribution < -0.4 is 4.90 Å². The normalized spacial score (nSPS) is 22.8. The Morgan fingerprint density at radius 1 is 1.40 bits per heavy atom. The third kappa shape index (κ3) is 3.45. The van der Waals surface area contributed by atoms with Crippen LogP contribution in [0.2, 0.25) is 0 Å². The highest BCUT2D eigenvalue weighted by atomic mass is 35.5. The fourth-order valence-corrected chi connectivity index (χ4v) is 3.65. The lowest BCUT2D eigenvalue weighted by Gasteiger charge is -2.43. The zero-order valence-electron chi connectivity index (χ0n) is 12.0. The van der Waals surface area contributed by atoms with Gasteiger partial charge in [0.25, 0.3) is 0 Å². The molecule has 1 atom stereocenters. The van der Waals surface area contributed by atoms with Crippen molar-refractivity contribution in [3.8, 4) is 0 Å². The average Bonchev–Trinajstić information content (AvgIpc) is 2.35. The standard InChI is InChI=1S/C14H20ClNO3S/c1-14(2)10-16(9-11(8-15)19-14)12-6-4-5-7-13(12)20(3,17)18/h4-7,11H,8-10H2,1-3H3. The van der Waals surface area contributed by atoms with Crippen LogP contribution in [0.4, 0.5) is 5.69 Å². The van der Waals surface area contributed by atoms with Gasteiger partial charge in [0.05, 0.1) is 28.2 Å². The molecule has 1 aromatic rings. The van der Waals surface area contributed by atoms with E-state index in [1.165, 1.54) is 6.26 Å². The summed E-state index contributed by atoms with van der Waals surface area (Å²) in [7, 11) is -3.26. The highest BCUT2D eigenvalue weighted by Crippen LogP contribution is 2.31. The molecule has 20 heavy (non-hydrogen) atoms. The third-order valence-corrected chi connectivity index (χ3v) is 4.75. The van der Waals surface area contributed by atoms with Crippen LogP contribution in [0.3, 0.4) is 0 Å². The molecule has 1 unspecified atom stereocenters. The molecule has 0 spiro atoms. The van der Waals surface area contributed by atoms with Gasteiger partial charge < -0.3 is 9.64 Å². The zero-order chi connectivity index (χ0) is 15.0. The molecule has 0 aliphatic carbocycles. The quantitative estimate of drug-likeness (QED) is 0.803. The van der Waals surface area contributed by atoms with Crippen molar-refractivity contribution in [2.75, 3.05) is 30.1 Å². The molecule has 1 aromatic carbocycles. The molecular formula is C14H20ClNO3S. The Morgan fingerprint density at radius 3 is 2.65 bits per heavy atom. The van der Waals surface area contributed by atoms with Gasteiger partial charge in [0.15, 0.2) is 9.84 Å². The van der Waals surface area contributed by atoms with Gasteiger partial charge in [0.1, 0.15) is 0 Å². The van der Waals surface area contributed by atoms with Crippen LogP contribution in [0.1, 0.15) is 13.8 Å². The molecule has 112 valence electrons. The summed E-state index contributed by atoms with van der Waals surface area (Å²) in [6, 6.07) is 7.07. The number of alkyl halides is 1. The number of morpholine rings is 1. The van der Waals surface area contributed by atoms with E-state index in [0.29, 0.717) is 23.9 Å². The van der Waals surface area contributed by atoms with Crippen LogP contribution in [-0.4, -0.2) is 45.3 Å². The predicted molar refractivity (Wildman–Crippen MR) is 81.4 cm³/mol. The van der Waals surface area contributed by atoms with Gasteiger partial charge in [-0.15, -0.1) is 11.6 Å². The second-order valence-electron chi connectivity index (χ2n) is 5.77. The molecule has 0 radical (unpaired) electrons. The maximum absolute atomic E-state index is 11.9. The molecular weight excluding hydrogens is 298 g/mol. The van der Waals surface area contributed by atoms with E-state index in [1.54, 1.807) is 12.1 Å². The summed E-state index contributed by atoms with van der Waals surface area (Å²) in [6.45, 7) is 5.20. The minimum absolute atomic E-state index is 0.104. The number of sulfone groups is 1. The van der Waals surface area contributed by atoms with E-state index in [1.807, 2.05) is 30.9 Å². The van der Waals surface area contributed by atoms with Crippen LogP contribution in [-0.2, 0) is 14.6 Å². The summed E-state index contributed by atoms with van der Waals surface area (Å²) >= 11 is 5.92. The number of anilines is 1. The Kier molecular flexibility index (Phi) is 4.33. The van der Waals surface area contributed by atoms with Gasteiger partial charge in [-0.3, -0.25) is 0 Å². The highest BCUT2D eigenvalue weighted by Gasteiger charge is 2.34. The smallest absolute Gasteiger partial charge is 0.177 e. The van der Waals surface area contributed by atoms with Crippen molar-refractivity contribution in [1.82, 2.24) is 0 Å². The summed E-state index contributed by atoms with van der Waals surface area (Å²) in [5, 5.41) is 0. The van der Waals surface area contributed by atoms with Crippen LogP contribution >= 0.6 is 11.6 Å². The number of para-hydroxylation sites is 1. The molecule has 1 fully saturated rings. The van der Waals surface area contributed by atoms with Crippen molar-refractivity contribution in [3.63, 3.8) is 0 Å². The van der Waals surface area contributed by atoms with Crippen molar-refractivity contribution in [1.29, 1.82) is 0 Å². The van der Waals surface area contributed by atoms with E-state index in [2.05, 4.69) is 0 Å². The van der Waals surface area contributed by atoms with Crippen LogP contribution in [0.5, 0.6) is 0 Å². The Morgan fingerprint density at radius 2 is 2.05 bits per heavy atom. The fraction of sp³-hybridized carbons (Fsp3) is 0.571. The largest absolute Gasteiger partial charge is 0.367 e. The monoisotopic (exact) mass is 317 g/mol. The van der Waals surface area contributed by atoms with Crippen LogP contribution in [0, 0.1) is 0 Å². The molecule has 0 aromatic heterocycles. The Bertz CT molecular complexity index is 586. The predicted octanol–water partition coefficient (Wildman–Crippen LogP) is 2.31. The van der Waals surface area contributed by atoms with Crippen molar-refractivity contribution in [2.45, 2.75) is 30.4 Å². The van der Waals surface area contributed by atoms with E-state index in [-0.39, 0.29) is 11.7 Å². The van der Waals surface area contributed by atoms with Gasteiger partial charge in [0, 0.05) is 19.3 Å². The molecule has 0 bridgehead atoms. The Labute approximate surface area is 125 Å². The first-order valence-corrected chi connectivity index (χ1v) is 8.93. The SMILES string of the molecule is CC1(C)CN(c2ccccc2S(C)(=O)=O)CC(CCl)O1. The Hall–Kier alpha value is -0.780. The molecule has 1 aliphatic rings. The summed E-state index contributed by atoms with van der Waals surface area (Å²) < 4.78 is 29.7. The number of halogens is 1. The second kappa shape index (κ2) is 5.54. The number of hydrogen-bond donors (Lipinski definition) is 0. The lowest BCUT2D eigenvalue weighted by molar-refractivity contribution is -0.0735. The molecule has 2 rings (SSSR count). The second-order valence-corrected chi connectivity index (χ2v) is 8.07. The lowest BCUT2D eigenvalue weighted by Crippen LogP contribution is -2.53. The van der Waals surface area contributed by atoms with Gasteiger partial charge in [-0.1, -0.05) is 12.1 Å². The summed E-state index contributed by atoms with van der Waals surface area (Å²) in [5.41, 5.74) is 0.365. The molecule has 1 saturated heterocycles. The molecule has 6 heteroatoms. The van der Waals surface area contributed by atoms with Gasteiger partial charge in [-0.05, 0) is 26.0 Å². The maximum Gasteiger partial charge on any atom is 0.177 e. The number of hydrogen-bond acceptors (Lipinski definition) is 4. The summed E-state index contributed by atoms with van der Waals surface area (Å²) in [4.78, 5) is 2.40. The minimum atomic E-state index is -3.26. The first kappa shape index (κ1) is 15.6. The maximum atomic E-state index is 11.9. The number of benzene rings is 1. The van der Waals surface area contributed by atoms with Crippen LogP contribution in [0.25, 0.3) is 0 Å². The molecule has 1 aliphatic heterocycles.